The topological polar surface area (TPSA) is 58.3 Å². The zero-order chi connectivity index (χ0) is 17.0. The van der Waals surface area contributed by atoms with Crippen LogP contribution in [0.5, 0.6) is 0 Å². The van der Waals surface area contributed by atoms with Crippen molar-refractivity contribution in [2.45, 2.75) is 47.2 Å². The molecule has 122 valence electrons. The molecule has 22 heavy (non-hydrogen) atoms. The summed E-state index contributed by atoms with van der Waals surface area (Å²) in [6, 6.07) is 17.8. The molecule has 2 rings (SSSR count). The molecule has 0 saturated carbocycles. The Bertz CT molecular complexity index is 492. The molecule has 0 amide bonds. The van der Waals surface area contributed by atoms with E-state index in [-0.39, 0.29) is 0 Å². The predicted octanol–water partition coefficient (Wildman–Crippen LogP) is 4.51. The van der Waals surface area contributed by atoms with Crippen LogP contribution in [0.2, 0.25) is 0 Å². The summed E-state index contributed by atoms with van der Waals surface area (Å²) < 4.78 is 0. The first-order valence-electron chi connectivity index (χ1n) is 7.76. The van der Waals surface area contributed by atoms with Crippen molar-refractivity contribution in [1.82, 2.24) is 5.32 Å². The number of nitrogens with one attached hydrogen (secondary N) is 1. The Labute approximate surface area is 135 Å². The number of nitrogens with two attached hydrogens (primary N) is 1. The summed E-state index contributed by atoms with van der Waals surface area (Å²) >= 11 is 0. The monoisotopic (exact) mass is 302 g/mol. The van der Waals surface area contributed by atoms with E-state index in [1.807, 2.05) is 13.8 Å². The average molecular weight is 302 g/mol. The van der Waals surface area contributed by atoms with E-state index in [1.54, 1.807) is 0 Å². The highest BCUT2D eigenvalue weighted by atomic mass is 16.4. The minimum Gasteiger partial charge on any atom is -0.320 e. The van der Waals surface area contributed by atoms with Crippen LogP contribution in [-0.2, 0) is 6.54 Å². The lowest BCUT2D eigenvalue weighted by Crippen LogP contribution is -2.17. The van der Waals surface area contributed by atoms with Gasteiger partial charge in [0.25, 0.3) is 0 Å². The van der Waals surface area contributed by atoms with Gasteiger partial charge in [-0.2, -0.15) is 0 Å². The van der Waals surface area contributed by atoms with E-state index in [0.29, 0.717) is 6.04 Å². The molecule has 0 aliphatic heterocycles. The Morgan fingerprint density at radius 2 is 1.27 bits per heavy atom. The van der Waals surface area contributed by atoms with Gasteiger partial charge in [0.15, 0.2) is 0 Å². The predicted molar refractivity (Wildman–Crippen MR) is 94.9 cm³/mol. The second kappa shape index (κ2) is 11.9. The van der Waals surface area contributed by atoms with Crippen molar-refractivity contribution in [2.24, 2.45) is 5.90 Å². The Kier molecular flexibility index (Phi) is 11.0. The lowest BCUT2D eigenvalue weighted by molar-refractivity contribution is 0.311. The number of hydrogen-bond donors (Lipinski definition) is 3. The fourth-order valence-corrected chi connectivity index (χ4v) is 1.95. The van der Waals surface area contributed by atoms with Gasteiger partial charge in [0.05, 0.1) is 0 Å². The minimum absolute atomic E-state index is 0.381. The Balaban J connectivity index is 0.00000102. The summed E-state index contributed by atoms with van der Waals surface area (Å²) in [7, 11) is 0. The molecule has 1 unspecified atom stereocenters. The molecule has 2 aromatic rings. The highest BCUT2D eigenvalue weighted by molar-refractivity contribution is 5.24. The third-order valence-electron chi connectivity index (χ3n) is 3.31. The zero-order valence-electron chi connectivity index (χ0n) is 14.4. The fourth-order valence-electron chi connectivity index (χ4n) is 1.95. The molecule has 0 aliphatic rings. The summed E-state index contributed by atoms with van der Waals surface area (Å²) in [5.74, 6) is 3.50. The van der Waals surface area contributed by atoms with Crippen molar-refractivity contribution in [2.75, 3.05) is 0 Å². The van der Waals surface area contributed by atoms with Gasteiger partial charge in [0, 0.05) is 12.6 Å². The molecule has 3 heteroatoms. The highest BCUT2D eigenvalue weighted by Gasteiger charge is 2.04. The summed E-state index contributed by atoms with van der Waals surface area (Å²) in [4.78, 5) is 0. The first-order chi connectivity index (χ1) is 10.6. The molecule has 1 atom stereocenters. The van der Waals surface area contributed by atoms with Crippen molar-refractivity contribution in [3.63, 3.8) is 0 Å². The van der Waals surface area contributed by atoms with E-state index in [1.165, 1.54) is 22.3 Å². The molecule has 0 heterocycles. The molecule has 0 aromatic heterocycles. The first kappa shape index (κ1) is 20.3. The van der Waals surface area contributed by atoms with Crippen LogP contribution in [0.3, 0.4) is 0 Å². The second-order valence-corrected chi connectivity index (χ2v) is 5.00. The Morgan fingerprint density at radius 3 is 1.73 bits per heavy atom. The van der Waals surface area contributed by atoms with Gasteiger partial charge in [0.2, 0.25) is 0 Å². The van der Waals surface area contributed by atoms with E-state index in [0.717, 1.165) is 6.54 Å². The van der Waals surface area contributed by atoms with Crippen LogP contribution < -0.4 is 11.2 Å². The number of rotatable bonds is 4. The lowest BCUT2D eigenvalue weighted by atomic mass is 10.1. The molecule has 0 radical (unpaired) electrons. The third-order valence-corrected chi connectivity index (χ3v) is 3.31. The number of benzene rings is 2. The second-order valence-electron chi connectivity index (χ2n) is 5.00. The summed E-state index contributed by atoms with van der Waals surface area (Å²) in [6.07, 6.45) is 0. The van der Waals surface area contributed by atoms with Crippen LogP contribution in [0, 0.1) is 13.8 Å². The maximum atomic E-state index is 6.50. The van der Waals surface area contributed by atoms with Crippen LogP contribution in [0.4, 0.5) is 0 Å². The van der Waals surface area contributed by atoms with Crippen molar-refractivity contribution >= 4 is 0 Å². The fraction of sp³-hybridized carbons (Fsp3) is 0.368. The maximum Gasteiger partial charge on any atom is 0.0294 e. The number of hydrogen-bond acceptors (Lipinski definition) is 3. The van der Waals surface area contributed by atoms with Crippen molar-refractivity contribution < 1.29 is 5.21 Å². The van der Waals surface area contributed by atoms with Gasteiger partial charge >= 0.3 is 0 Å². The number of aryl methyl sites for hydroxylation is 2. The van der Waals surface area contributed by atoms with E-state index >= 15 is 0 Å². The normalized spacial score (nSPS) is 10.7. The Hall–Kier alpha value is -1.68. The average Bonchev–Trinajstić information content (AvgIpc) is 2.58. The molecule has 0 spiro atoms. The van der Waals surface area contributed by atoms with Crippen LogP contribution in [0.15, 0.2) is 48.5 Å². The largest absolute Gasteiger partial charge is 0.320 e. The molecule has 2 aromatic carbocycles. The van der Waals surface area contributed by atoms with E-state index in [9.17, 15) is 0 Å². The van der Waals surface area contributed by atoms with Crippen LogP contribution in [-0.4, -0.2) is 5.21 Å². The quantitative estimate of drug-likeness (QED) is 0.728. The summed E-state index contributed by atoms with van der Waals surface area (Å²) in [6.45, 7) is 11.4. The van der Waals surface area contributed by atoms with Crippen LogP contribution in [0.1, 0.15) is 49.1 Å². The molecule has 0 aliphatic carbocycles. The molecule has 4 N–H and O–H groups in total. The van der Waals surface area contributed by atoms with Gasteiger partial charge in [-0.25, -0.2) is 5.90 Å². The van der Waals surface area contributed by atoms with Crippen LogP contribution in [0.25, 0.3) is 0 Å². The molecular formula is C19H30N2O. The third kappa shape index (κ3) is 7.36. The Morgan fingerprint density at radius 1 is 0.864 bits per heavy atom. The minimum atomic E-state index is 0.381. The molecule has 3 nitrogen and oxygen atoms in total. The summed E-state index contributed by atoms with van der Waals surface area (Å²) in [5, 5.41) is 10.1. The van der Waals surface area contributed by atoms with Crippen molar-refractivity contribution in [3.8, 4) is 0 Å². The smallest absolute Gasteiger partial charge is 0.0294 e. The summed E-state index contributed by atoms with van der Waals surface area (Å²) in [5.41, 5.74) is 5.29. The van der Waals surface area contributed by atoms with Gasteiger partial charge in [-0.1, -0.05) is 73.5 Å². The first-order valence-corrected chi connectivity index (χ1v) is 7.76. The van der Waals surface area contributed by atoms with Gasteiger partial charge in [-0.05, 0) is 31.9 Å². The van der Waals surface area contributed by atoms with Gasteiger partial charge in [-0.3, -0.25) is 0 Å². The van der Waals surface area contributed by atoms with E-state index in [4.69, 9.17) is 5.21 Å². The molecule has 0 bridgehead atoms. The van der Waals surface area contributed by atoms with E-state index < -0.39 is 0 Å². The van der Waals surface area contributed by atoms with E-state index in [2.05, 4.69) is 80.5 Å². The van der Waals surface area contributed by atoms with Gasteiger partial charge in [0.1, 0.15) is 0 Å². The zero-order valence-corrected chi connectivity index (χ0v) is 14.4. The maximum absolute atomic E-state index is 6.50. The van der Waals surface area contributed by atoms with Crippen molar-refractivity contribution in [3.05, 3.63) is 70.8 Å². The van der Waals surface area contributed by atoms with Gasteiger partial charge < -0.3 is 10.5 Å². The molecule has 0 fully saturated rings. The highest BCUT2D eigenvalue weighted by Crippen LogP contribution is 2.14. The molecule has 0 saturated heterocycles. The standard InChI is InChI=1S/C17H21N.C2H6.H3NO/c1-13-4-8-16(9-5-13)12-18-15(3)17-10-6-14(2)7-11-17;2*1-2/h4-11,15,18H,12H2,1-3H3;1-2H3;2H,1H2. The van der Waals surface area contributed by atoms with Crippen molar-refractivity contribution in [1.29, 1.82) is 0 Å². The van der Waals surface area contributed by atoms with Crippen LogP contribution >= 0.6 is 0 Å². The lowest BCUT2D eigenvalue weighted by Gasteiger charge is -2.14. The molecular weight excluding hydrogens is 272 g/mol. The van der Waals surface area contributed by atoms with Gasteiger partial charge in [-0.15, -0.1) is 0 Å². The SMILES string of the molecule is CC.Cc1ccc(CNC(C)c2ccc(C)cc2)cc1.NO.